The smallest absolute Gasteiger partial charge is 0.183 e. The summed E-state index contributed by atoms with van der Waals surface area (Å²) in [5.41, 5.74) is 0.907. The maximum absolute atomic E-state index is 5.52. The van der Waals surface area contributed by atoms with E-state index in [1.165, 1.54) is 0 Å². The van der Waals surface area contributed by atoms with Crippen LogP contribution in [0.3, 0.4) is 0 Å². The highest BCUT2D eigenvalue weighted by atomic mass is 32.1. The van der Waals surface area contributed by atoms with E-state index in [9.17, 15) is 0 Å². The van der Waals surface area contributed by atoms with Crippen LogP contribution in [0.1, 0.15) is 19.6 Å². The third-order valence-corrected chi connectivity index (χ3v) is 2.96. The Balaban J connectivity index is 2.07. The molecule has 0 saturated carbocycles. The van der Waals surface area contributed by atoms with Crippen LogP contribution in [0.25, 0.3) is 11.5 Å². The highest BCUT2D eigenvalue weighted by Crippen LogP contribution is 2.26. The van der Waals surface area contributed by atoms with Gasteiger partial charge in [-0.15, -0.1) is 11.3 Å². The first-order chi connectivity index (χ1) is 7.65. The van der Waals surface area contributed by atoms with Gasteiger partial charge >= 0.3 is 0 Å². The molecule has 2 rings (SSSR count). The van der Waals surface area contributed by atoms with Gasteiger partial charge in [-0.25, -0.2) is 4.98 Å². The molecule has 0 aliphatic heterocycles. The van der Waals surface area contributed by atoms with Gasteiger partial charge in [0.2, 0.25) is 0 Å². The Hall–Kier alpha value is -1.29. The highest BCUT2D eigenvalue weighted by molar-refractivity contribution is 7.14. The van der Waals surface area contributed by atoms with Crippen molar-refractivity contribution in [3.63, 3.8) is 0 Å². The molecule has 0 spiro atoms. The second-order valence-corrected chi connectivity index (χ2v) is 5.08. The summed E-state index contributed by atoms with van der Waals surface area (Å²) < 4.78 is 5.52. The number of thiazole rings is 1. The summed E-state index contributed by atoms with van der Waals surface area (Å²) >= 11 is 1.61. The summed E-state index contributed by atoms with van der Waals surface area (Å²) in [4.78, 5) is 4.48. The molecular weight excluding hydrogens is 220 g/mol. The minimum atomic E-state index is 0.623. The molecule has 2 heterocycles. The standard InChI is InChI=1S/C12H16N2OS/c1-8(2)6-13-12-14-10(7-16-12)11-5-4-9(3)15-11/h4-5,7-8H,6H2,1-3H3,(H,13,14). The van der Waals surface area contributed by atoms with Crippen LogP contribution >= 0.6 is 11.3 Å². The fraction of sp³-hybridized carbons (Fsp3) is 0.417. The lowest BCUT2D eigenvalue weighted by molar-refractivity contribution is 0.547. The van der Waals surface area contributed by atoms with Crippen LogP contribution in [-0.2, 0) is 0 Å². The molecule has 0 amide bonds. The predicted octanol–water partition coefficient (Wildman–Crippen LogP) is 3.78. The molecule has 4 heteroatoms. The molecule has 0 bridgehead atoms. The SMILES string of the molecule is Cc1ccc(-c2csc(NCC(C)C)n2)o1. The predicted molar refractivity (Wildman–Crippen MR) is 67.9 cm³/mol. The van der Waals surface area contributed by atoms with E-state index in [1.807, 2.05) is 24.4 Å². The lowest BCUT2D eigenvalue weighted by atomic mass is 10.2. The molecule has 0 saturated heterocycles. The van der Waals surface area contributed by atoms with Gasteiger partial charge in [0.05, 0.1) is 0 Å². The van der Waals surface area contributed by atoms with Crippen molar-refractivity contribution < 1.29 is 4.42 Å². The fourth-order valence-corrected chi connectivity index (χ4v) is 2.04. The number of nitrogens with one attached hydrogen (secondary N) is 1. The Morgan fingerprint density at radius 2 is 2.25 bits per heavy atom. The van der Waals surface area contributed by atoms with Crippen molar-refractivity contribution in [3.8, 4) is 11.5 Å². The summed E-state index contributed by atoms with van der Waals surface area (Å²) in [6.45, 7) is 7.24. The Kier molecular flexibility index (Phi) is 3.29. The van der Waals surface area contributed by atoms with Crippen molar-refractivity contribution in [1.82, 2.24) is 4.98 Å². The molecule has 0 atom stereocenters. The van der Waals surface area contributed by atoms with E-state index < -0.39 is 0 Å². The average Bonchev–Trinajstić information content (AvgIpc) is 2.83. The molecule has 1 N–H and O–H groups in total. The number of furan rings is 1. The first kappa shape index (κ1) is 11.2. The Bertz CT molecular complexity index is 459. The van der Waals surface area contributed by atoms with Crippen molar-refractivity contribution in [2.45, 2.75) is 20.8 Å². The van der Waals surface area contributed by atoms with Gasteiger partial charge in [-0.2, -0.15) is 0 Å². The van der Waals surface area contributed by atoms with Crippen molar-refractivity contribution >= 4 is 16.5 Å². The van der Waals surface area contributed by atoms with Crippen molar-refractivity contribution in [2.24, 2.45) is 5.92 Å². The minimum Gasteiger partial charge on any atom is -0.460 e. The summed E-state index contributed by atoms with van der Waals surface area (Å²) in [6.07, 6.45) is 0. The first-order valence-electron chi connectivity index (χ1n) is 5.41. The Morgan fingerprint density at radius 1 is 1.44 bits per heavy atom. The van der Waals surface area contributed by atoms with Crippen molar-refractivity contribution in [3.05, 3.63) is 23.3 Å². The van der Waals surface area contributed by atoms with Gasteiger partial charge in [-0.1, -0.05) is 13.8 Å². The van der Waals surface area contributed by atoms with Gasteiger partial charge in [-0.3, -0.25) is 0 Å². The highest BCUT2D eigenvalue weighted by Gasteiger charge is 2.07. The molecule has 0 aromatic carbocycles. The molecule has 86 valence electrons. The third-order valence-electron chi connectivity index (χ3n) is 2.16. The molecule has 0 radical (unpaired) electrons. The normalized spacial score (nSPS) is 11.0. The largest absolute Gasteiger partial charge is 0.460 e. The zero-order valence-electron chi connectivity index (χ0n) is 9.78. The number of aryl methyl sites for hydroxylation is 1. The Labute approximate surface area is 99.5 Å². The van der Waals surface area contributed by atoms with E-state index in [0.717, 1.165) is 28.9 Å². The van der Waals surface area contributed by atoms with Crippen LogP contribution in [0.2, 0.25) is 0 Å². The van der Waals surface area contributed by atoms with E-state index in [-0.39, 0.29) is 0 Å². The monoisotopic (exact) mass is 236 g/mol. The zero-order valence-corrected chi connectivity index (χ0v) is 10.6. The number of hydrogen-bond donors (Lipinski definition) is 1. The van der Waals surface area contributed by atoms with Crippen molar-refractivity contribution in [1.29, 1.82) is 0 Å². The van der Waals surface area contributed by atoms with Gasteiger partial charge in [0.25, 0.3) is 0 Å². The quantitative estimate of drug-likeness (QED) is 0.878. The lowest BCUT2D eigenvalue weighted by Crippen LogP contribution is -2.07. The van der Waals surface area contributed by atoms with Gasteiger partial charge in [0, 0.05) is 11.9 Å². The number of aromatic nitrogens is 1. The molecule has 0 aliphatic rings. The van der Waals surface area contributed by atoms with Crippen LogP contribution in [0.5, 0.6) is 0 Å². The van der Waals surface area contributed by atoms with E-state index in [2.05, 4.69) is 24.1 Å². The number of anilines is 1. The molecule has 3 nitrogen and oxygen atoms in total. The number of hydrogen-bond acceptors (Lipinski definition) is 4. The van der Waals surface area contributed by atoms with Gasteiger partial charge in [-0.05, 0) is 25.0 Å². The summed E-state index contributed by atoms with van der Waals surface area (Å²) in [5.74, 6) is 2.38. The van der Waals surface area contributed by atoms with Crippen LogP contribution < -0.4 is 5.32 Å². The van der Waals surface area contributed by atoms with Crippen LogP contribution in [0.15, 0.2) is 21.9 Å². The molecule has 0 aliphatic carbocycles. The molecule has 2 aromatic heterocycles. The second-order valence-electron chi connectivity index (χ2n) is 4.22. The van der Waals surface area contributed by atoms with E-state index in [0.29, 0.717) is 5.92 Å². The van der Waals surface area contributed by atoms with Gasteiger partial charge in [0.1, 0.15) is 11.5 Å². The van der Waals surface area contributed by atoms with Crippen LogP contribution in [0.4, 0.5) is 5.13 Å². The maximum atomic E-state index is 5.52. The van der Waals surface area contributed by atoms with E-state index in [1.54, 1.807) is 11.3 Å². The summed E-state index contributed by atoms with van der Waals surface area (Å²) in [5, 5.41) is 6.28. The zero-order chi connectivity index (χ0) is 11.5. The van der Waals surface area contributed by atoms with Gasteiger partial charge in [0.15, 0.2) is 10.9 Å². The van der Waals surface area contributed by atoms with E-state index in [4.69, 9.17) is 4.42 Å². The van der Waals surface area contributed by atoms with Gasteiger partial charge < -0.3 is 9.73 Å². The second kappa shape index (κ2) is 4.70. The first-order valence-corrected chi connectivity index (χ1v) is 6.29. The molecule has 2 aromatic rings. The topological polar surface area (TPSA) is 38.1 Å². The summed E-state index contributed by atoms with van der Waals surface area (Å²) in [6, 6.07) is 3.91. The van der Waals surface area contributed by atoms with Crippen molar-refractivity contribution in [2.75, 3.05) is 11.9 Å². The molecule has 0 unspecified atom stereocenters. The van der Waals surface area contributed by atoms with Crippen LogP contribution in [-0.4, -0.2) is 11.5 Å². The molecular formula is C12H16N2OS. The fourth-order valence-electron chi connectivity index (χ4n) is 1.33. The molecule has 0 fully saturated rings. The lowest BCUT2D eigenvalue weighted by Gasteiger charge is -2.04. The third kappa shape index (κ3) is 2.64. The van der Waals surface area contributed by atoms with Crippen LogP contribution in [0, 0.1) is 12.8 Å². The molecule has 16 heavy (non-hydrogen) atoms. The Morgan fingerprint density at radius 3 is 2.88 bits per heavy atom. The average molecular weight is 236 g/mol. The maximum Gasteiger partial charge on any atom is 0.183 e. The minimum absolute atomic E-state index is 0.623. The van der Waals surface area contributed by atoms with E-state index >= 15 is 0 Å². The number of nitrogens with zero attached hydrogens (tertiary/aromatic N) is 1. The number of rotatable bonds is 4. The summed E-state index contributed by atoms with van der Waals surface area (Å²) in [7, 11) is 0.